The summed E-state index contributed by atoms with van der Waals surface area (Å²) >= 11 is 5.21. The zero-order valence-corrected chi connectivity index (χ0v) is 15.2. The minimum Gasteiger partial charge on any atom is -0.207 e. The summed E-state index contributed by atoms with van der Waals surface area (Å²) in [5.41, 5.74) is 0.796. The summed E-state index contributed by atoms with van der Waals surface area (Å²) in [6.45, 7) is 7.38. The first kappa shape index (κ1) is 16.3. The maximum absolute atomic E-state index is 12.8. The monoisotopic (exact) mass is 377 g/mol. The Balaban J connectivity index is 2.33. The third-order valence-corrected chi connectivity index (χ3v) is 7.47. The first-order chi connectivity index (χ1) is 9.22. The van der Waals surface area contributed by atoms with Crippen molar-refractivity contribution in [1.29, 1.82) is 0 Å². The first-order valence-electron chi connectivity index (χ1n) is 6.63. The number of hydrogen-bond acceptors (Lipinski definition) is 3. The second kappa shape index (κ2) is 5.99. The second-order valence-electron chi connectivity index (χ2n) is 5.67. The van der Waals surface area contributed by atoms with E-state index >= 15 is 0 Å². The zero-order chi connectivity index (χ0) is 15.0. The smallest absolute Gasteiger partial charge is 0.207 e. The molecule has 112 valence electrons. The van der Waals surface area contributed by atoms with E-state index in [9.17, 15) is 8.42 Å². The molecule has 0 N–H and O–H groups in total. The molecule has 0 spiro atoms. The van der Waals surface area contributed by atoms with Crippen molar-refractivity contribution in [3.8, 4) is 0 Å². The van der Waals surface area contributed by atoms with Gasteiger partial charge in [-0.1, -0.05) is 35.8 Å². The predicted octanol–water partition coefficient (Wildman–Crippen LogP) is 3.66. The lowest BCUT2D eigenvalue weighted by Crippen LogP contribution is -2.34. The Morgan fingerprint density at radius 1 is 1.30 bits per heavy atom. The van der Waals surface area contributed by atoms with Crippen molar-refractivity contribution in [1.82, 2.24) is 4.31 Å². The van der Waals surface area contributed by atoms with Crippen molar-refractivity contribution >= 4 is 37.7 Å². The fourth-order valence-corrected chi connectivity index (χ4v) is 5.65. The number of aryl methyl sites for hydroxylation is 1. The average molecular weight is 378 g/mol. The molecule has 0 bridgehead atoms. The van der Waals surface area contributed by atoms with Gasteiger partial charge in [-0.15, -0.1) is 0 Å². The van der Waals surface area contributed by atoms with Gasteiger partial charge >= 0.3 is 0 Å². The van der Waals surface area contributed by atoms with Gasteiger partial charge in [0.25, 0.3) is 0 Å². The fourth-order valence-electron chi connectivity index (χ4n) is 2.23. The van der Waals surface area contributed by atoms with E-state index in [0.717, 1.165) is 22.2 Å². The van der Waals surface area contributed by atoms with Crippen LogP contribution in [-0.4, -0.2) is 36.3 Å². The van der Waals surface area contributed by atoms with Crippen molar-refractivity contribution in [3.05, 3.63) is 28.2 Å². The third kappa shape index (κ3) is 3.59. The summed E-state index contributed by atoms with van der Waals surface area (Å²) in [5, 5.41) is 0. The van der Waals surface area contributed by atoms with E-state index in [1.165, 1.54) is 0 Å². The van der Waals surface area contributed by atoms with Gasteiger partial charge in [-0.2, -0.15) is 16.1 Å². The molecule has 0 atom stereocenters. The number of nitrogens with zero attached hydrogens (tertiary/aromatic N) is 1. The lowest BCUT2D eigenvalue weighted by atomic mass is 10.1. The molecule has 0 radical (unpaired) electrons. The van der Waals surface area contributed by atoms with E-state index in [2.05, 4.69) is 29.8 Å². The van der Waals surface area contributed by atoms with Gasteiger partial charge < -0.3 is 0 Å². The van der Waals surface area contributed by atoms with Gasteiger partial charge in [0.15, 0.2) is 0 Å². The van der Waals surface area contributed by atoms with Gasteiger partial charge in [0.2, 0.25) is 10.0 Å². The minimum atomic E-state index is -3.40. The number of rotatable bonds is 2. The molecule has 3 nitrogen and oxygen atoms in total. The van der Waals surface area contributed by atoms with E-state index in [1.54, 1.807) is 10.4 Å². The van der Waals surface area contributed by atoms with Crippen LogP contribution in [-0.2, 0) is 10.0 Å². The van der Waals surface area contributed by atoms with Gasteiger partial charge in [0.05, 0.1) is 4.90 Å². The number of thioether (sulfide) groups is 1. The van der Waals surface area contributed by atoms with Crippen LogP contribution in [0.15, 0.2) is 27.6 Å². The maximum atomic E-state index is 12.8. The van der Waals surface area contributed by atoms with E-state index in [1.807, 2.05) is 30.8 Å². The number of halogens is 1. The Morgan fingerprint density at radius 2 is 2.00 bits per heavy atom. The van der Waals surface area contributed by atoms with Crippen LogP contribution in [0.3, 0.4) is 0 Å². The highest BCUT2D eigenvalue weighted by molar-refractivity contribution is 9.10. The molecule has 0 saturated carbocycles. The molecule has 1 aromatic rings. The Hall–Kier alpha value is -0.0400. The predicted molar refractivity (Wildman–Crippen MR) is 88.8 cm³/mol. The summed E-state index contributed by atoms with van der Waals surface area (Å²) in [7, 11) is -3.40. The molecule has 1 saturated heterocycles. The van der Waals surface area contributed by atoms with Crippen LogP contribution < -0.4 is 0 Å². The summed E-state index contributed by atoms with van der Waals surface area (Å²) in [4.78, 5) is 0.414. The summed E-state index contributed by atoms with van der Waals surface area (Å²) in [6.07, 6.45) is 0.879. The van der Waals surface area contributed by atoms with Crippen LogP contribution in [0.2, 0.25) is 0 Å². The molecular formula is C14H20BrNO2S2. The molecule has 1 aliphatic heterocycles. The summed E-state index contributed by atoms with van der Waals surface area (Å²) < 4.78 is 28.2. The van der Waals surface area contributed by atoms with E-state index < -0.39 is 10.0 Å². The Morgan fingerprint density at radius 3 is 2.70 bits per heavy atom. The van der Waals surface area contributed by atoms with Crippen LogP contribution in [0, 0.1) is 6.92 Å². The molecular weight excluding hydrogens is 358 g/mol. The highest BCUT2D eigenvalue weighted by atomic mass is 79.9. The van der Waals surface area contributed by atoms with Gasteiger partial charge in [-0.3, -0.25) is 0 Å². The molecule has 2 rings (SSSR count). The highest BCUT2D eigenvalue weighted by Gasteiger charge is 2.31. The number of sulfonamides is 1. The lowest BCUT2D eigenvalue weighted by molar-refractivity contribution is 0.415. The van der Waals surface area contributed by atoms with Crippen molar-refractivity contribution < 1.29 is 8.42 Å². The normalized spacial score (nSPS) is 20.6. The molecule has 0 aromatic heterocycles. The standard InChI is InChI=1S/C14H20BrNO2S2/c1-11-4-5-12(15)10-13(11)20(17,18)16-7-6-14(2,3)19-9-8-16/h4-5,10H,6-9H2,1-3H3. The third-order valence-electron chi connectivity index (χ3n) is 3.56. The molecule has 1 fully saturated rings. The van der Waals surface area contributed by atoms with E-state index in [0.29, 0.717) is 18.0 Å². The van der Waals surface area contributed by atoms with Crippen molar-refractivity contribution in [2.45, 2.75) is 36.8 Å². The molecule has 20 heavy (non-hydrogen) atoms. The Labute approximate surface area is 134 Å². The number of benzene rings is 1. The number of hydrogen-bond donors (Lipinski definition) is 0. The van der Waals surface area contributed by atoms with Crippen LogP contribution in [0.5, 0.6) is 0 Å². The highest BCUT2D eigenvalue weighted by Crippen LogP contribution is 2.33. The van der Waals surface area contributed by atoms with Crippen molar-refractivity contribution in [3.63, 3.8) is 0 Å². The van der Waals surface area contributed by atoms with Crippen LogP contribution in [0.25, 0.3) is 0 Å². The van der Waals surface area contributed by atoms with Gasteiger partial charge in [-0.05, 0) is 31.0 Å². The minimum absolute atomic E-state index is 0.149. The quantitative estimate of drug-likeness (QED) is 0.788. The molecule has 0 unspecified atom stereocenters. The average Bonchev–Trinajstić information content (AvgIpc) is 2.53. The molecule has 0 amide bonds. The van der Waals surface area contributed by atoms with Gasteiger partial charge in [0.1, 0.15) is 0 Å². The second-order valence-corrected chi connectivity index (χ2v) is 10.3. The van der Waals surface area contributed by atoms with Crippen LogP contribution in [0.1, 0.15) is 25.8 Å². The van der Waals surface area contributed by atoms with Gasteiger partial charge in [0, 0.05) is 28.1 Å². The summed E-state index contributed by atoms with van der Waals surface area (Å²) in [6, 6.07) is 5.41. The SMILES string of the molecule is Cc1ccc(Br)cc1S(=O)(=O)N1CCSC(C)(C)CC1. The van der Waals surface area contributed by atoms with E-state index in [4.69, 9.17) is 0 Å². The maximum Gasteiger partial charge on any atom is 0.243 e. The zero-order valence-electron chi connectivity index (χ0n) is 12.0. The lowest BCUT2D eigenvalue weighted by Gasteiger charge is -2.23. The molecule has 6 heteroatoms. The molecule has 0 aliphatic carbocycles. The largest absolute Gasteiger partial charge is 0.243 e. The van der Waals surface area contributed by atoms with Crippen molar-refractivity contribution in [2.75, 3.05) is 18.8 Å². The van der Waals surface area contributed by atoms with Crippen LogP contribution in [0.4, 0.5) is 0 Å². The van der Waals surface area contributed by atoms with Gasteiger partial charge in [-0.25, -0.2) is 8.42 Å². The molecule has 1 heterocycles. The topological polar surface area (TPSA) is 37.4 Å². The van der Waals surface area contributed by atoms with E-state index in [-0.39, 0.29) is 4.75 Å². The van der Waals surface area contributed by atoms with Crippen molar-refractivity contribution in [2.24, 2.45) is 0 Å². The molecule has 1 aromatic carbocycles. The Bertz CT molecular complexity index is 599. The molecule has 1 aliphatic rings. The van der Waals surface area contributed by atoms with Crippen LogP contribution >= 0.6 is 27.7 Å². The first-order valence-corrected chi connectivity index (χ1v) is 9.84. The fraction of sp³-hybridized carbons (Fsp3) is 0.571. The Kier molecular flexibility index (Phi) is 4.89. The summed E-state index contributed by atoms with van der Waals surface area (Å²) in [5.74, 6) is 0.847.